The van der Waals surface area contributed by atoms with Crippen molar-refractivity contribution in [2.75, 3.05) is 13.1 Å². The maximum absolute atomic E-state index is 13.8. The van der Waals surface area contributed by atoms with Crippen LogP contribution in [0.1, 0.15) is 33.8 Å². The van der Waals surface area contributed by atoms with E-state index in [1.165, 1.54) is 6.07 Å². The van der Waals surface area contributed by atoms with Crippen LogP contribution in [0.15, 0.2) is 18.2 Å². The highest BCUT2D eigenvalue weighted by atomic mass is 32.1. The van der Waals surface area contributed by atoms with Gasteiger partial charge in [-0.2, -0.15) is 0 Å². The number of rotatable bonds is 5. The molecule has 0 unspecified atom stereocenters. The van der Waals surface area contributed by atoms with Gasteiger partial charge in [-0.25, -0.2) is 8.78 Å². The number of aryl methyl sites for hydroxylation is 1. The van der Waals surface area contributed by atoms with Crippen molar-refractivity contribution in [1.29, 1.82) is 0 Å². The lowest BCUT2D eigenvalue weighted by molar-refractivity contribution is -0.128. The second-order valence-electron chi connectivity index (χ2n) is 6.39. The number of piperidine rings is 1. The third kappa shape index (κ3) is 4.28. The lowest BCUT2D eigenvalue weighted by atomic mass is 9.87. The van der Waals surface area contributed by atoms with Gasteiger partial charge in [-0.1, -0.05) is 10.6 Å². The highest BCUT2D eigenvalue weighted by molar-refractivity contribution is 7.08. The molecule has 2 aromatic rings. The number of amides is 2. The third-order valence-corrected chi connectivity index (χ3v) is 5.38. The summed E-state index contributed by atoms with van der Waals surface area (Å²) in [6.07, 6.45) is 0.781. The van der Waals surface area contributed by atoms with Gasteiger partial charge in [-0.05, 0) is 50.5 Å². The van der Waals surface area contributed by atoms with Gasteiger partial charge in [-0.15, -0.1) is 5.10 Å². The Kier molecular flexibility index (Phi) is 5.76. The Balaban J connectivity index is 1.74. The molecule has 0 atom stereocenters. The molecule has 0 saturated carbocycles. The van der Waals surface area contributed by atoms with Crippen LogP contribution in [0.5, 0.6) is 0 Å². The molecule has 1 saturated heterocycles. The van der Waals surface area contributed by atoms with Crippen LogP contribution in [0.25, 0.3) is 0 Å². The molecule has 0 radical (unpaired) electrons. The predicted octanol–water partition coefficient (Wildman–Crippen LogP) is 1.29. The summed E-state index contributed by atoms with van der Waals surface area (Å²) in [4.78, 5) is 25.8. The highest BCUT2D eigenvalue weighted by Gasteiger charge is 2.41. The smallest absolute Gasteiger partial charge is 0.265 e. The molecule has 144 valence electrons. The van der Waals surface area contributed by atoms with Crippen molar-refractivity contribution in [3.63, 3.8) is 0 Å². The van der Waals surface area contributed by atoms with Gasteiger partial charge < -0.3 is 16.0 Å². The van der Waals surface area contributed by atoms with E-state index in [0.717, 1.165) is 23.7 Å². The first kappa shape index (κ1) is 19.3. The lowest BCUT2D eigenvalue weighted by Gasteiger charge is -2.36. The van der Waals surface area contributed by atoms with Crippen LogP contribution in [0.2, 0.25) is 0 Å². The second-order valence-corrected chi connectivity index (χ2v) is 7.15. The van der Waals surface area contributed by atoms with Gasteiger partial charge in [0.1, 0.15) is 22.1 Å². The van der Waals surface area contributed by atoms with Crippen LogP contribution in [0, 0.1) is 18.6 Å². The first-order valence-electron chi connectivity index (χ1n) is 8.46. The monoisotopic (exact) mass is 395 g/mol. The number of nitrogens with one attached hydrogen (secondary N) is 3. The molecular formula is C17H19F2N5O2S. The molecule has 1 aromatic carbocycles. The molecule has 1 fully saturated rings. The summed E-state index contributed by atoms with van der Waals surface area (Å²) in [5.41, 5.74) is -0.451. The minimum Gasteiger partial charge on any atom is -0.350 e. The van der Waals surface area contributed by atoms with Gasteiger partial charge in [0.25, 0.3) is 5.91 Å². The standard InChI is InChI=1S/C17H19F2N5O2S/c1-10-14(27-24-23-10)15(25)22-17(4-6-20-7-5-17)16(26)21-9-11-2-3-12(18)8-13(11)19/h2-3,8,20H,4-7,9H2,1H3,(H,21,26)(H,22,25). The fourth-order valence-electron chi connectivity index (χ4n) is 2.99. The number of aromatic nitrogens is 2. The van der Waals surface area contributed by atoms with Crippen LogP contribution in [-0.2, 0) is 11.3 Å². The molecule has 1 aromatic heterocycles. The number of nitrogens with zero attached hydrogens (tertiary/aromatic N) is 2. The Morgan fingerprint density at radius 3 is 2.67 bits per heavy atom. The van der Waals surface area contributed by atoms with Crippen molar-refractivity contribution in [2.24, 2.45) is 0 Å². The molecule has 0 bridgehead atoms. The van der Waals surface area contributed by atoms with Crippen molar-refractivity contribution in [2.45, 2.75) is 31.8 Å². The predicted molar refractivity (Wildman–Crippen MR) is 95.2 cm³/mol. The van der Waals surface area contributed by atoms with Crippen LogP contribution in [0.3, 0.4) is 0 Å². The van der Waals surface area contributed by atoms with Crippen molar-refractivity contribution < 1.29 is 18.4 Å². The minimum absolute atomic E-state index is 0.100. The van der Waals surface area contributed by atoms with Gasteiger partial charge in [0, 0.05) is 18.2 Å². The van der Waals surface area contributed by atoms with E-state index in [9.17, 15) is 18.4 Å². The van der Waals surface area contributed by atoms with Crippen LogP contribution >= 0.6 is 11.5 Å². The minimum atomic E-state index is -1.12. The normalized spacial score (nSPS) is 16.0. The average molecular weight is 395 g/mol. The van der Waals surface area contributed by atoms with Crippen LogP contribution in [-0.4, -0.2) is 40.0 Å². The number of carbonyl (C=O) groups excluding carboxylic acids is 2. The molecule has 0 aliphatic carbocycles. The fraction of sp³-hybridized carbons (Fsp3) is 0.412. The Morgan fingerprint density at radius 2 is 2.04 bits per heavy atom. The molecule has 3 N–H and O–H groups in total. The molecule has 2 amide bonds. The molecule has 1 aliphatic heterocycles. The van der Waals surface area contributed by atoms with E-state index in [-0.39, 0.29) is 12.1 Å². The zero-order valence-electron chi connectivity index (χ0n) is 14.6. The van der Waals surface area contributed by atoms with Crippen molar-refractivity contribution in [1.82, 2.24) is 25.5 Å². The number of carbonyl (C=O) groups is 2. The number of hydrogen-bond acceptors (Lipinski definition) is 6. The summed E-state index contributed by atoms with van der Waals surface area (Å²) in [6.45, 7) is 2.68. The SMILES string of the molecule is Cc1nnsc1C(=O)NC1(C(=O)NCc2ccc(F)cc2F)CCNCC1. The van der Waals surface area contributed by atoms with E-state index in [1.54, 1.807) is 6.92 Å². The zero-order chi connectivity index (χ0) is 19.4. The van der Waals surface area contributed by atoms with Crippen LogP contribution < -0.4 is 16.0 Å². The second kappa shape index (κ2) is 8.05. The van der Waals surface area contributed by atoms with Crippen molar-refractivity contribution >= 4 is 23.3 Å². The molecule has 10 heteroatoms. The van der Waals surface area contributed by atoms with Crippen molar-refractivity contribution in [3.8, 4) is 0 Å². The summed E-state index contributed by atoms with van der Waals surface area (Å²) in [5.74, 6) is -2.23. The van der Waals surface area contributed by atoms with E-state index in [2.05, 4.69) is 25.5 Å². The van der Waals surface area contributed by atoms with Gasteiger partial charge in [0.05, 0.1) is 5.69 Å². The highest BCUT2D eigenvalue weighted by Crippen LogP contribution is 2.21. The van der Waals surface area contributed by atoms with E-state index in [0.29, 0.717) is 36.5 Å². The molecular weight excluding hydrogens is 376 g/mol. The maximum atomic E-state index is 13.8. The van der Waals surface area contributed by atoms with E-state index >= 15 is 0 Å². The number of halogens is 2. The van der Waals surface area contributed by atoms with Crippen molar-refractivity contribution in [3.05, 3.63) is 46.0 Å². The molecule has 2 heterocycles. The zero-order valence-corrected chi connectivity index (χ0v) is 15.5. The Bertz CT molecular complexity index is 852. The Morgan fingerprint density at radius 1 is 1.30 bits per heavy atom. The maximum Gasteiger partial charge on any atom is 0.265 e. The molecule has 7 nitrogen and oxygen atoms in total. The quantitative estimate of drug-likeness (QED) is 0.709. The summed E-state index contributed by atoms with van der Waals surface area (Å²) < 4.78 is 30.6. The van der Waals surface area contributed by atoms with E-state index in [4.69, 9.17) is 0 Å². The van der Waals surface area contributed by atoms with Gasteiger partial charge in [-0.3, -0.25) is 9.59 Å². The lowest BCUT2D eigenvalue weighted by Crippen LogP contribution is -2.62. The molecule has 3 rings (SSSR count). The summed E-state index contributed by atoms with van der Waals surface area (Å²) in [5, 5.41) is 12.4. The first-order chi connectivity index (χ1) is 12.9. The number of benzene rings is 1. The first-order valence-corrected chi connectivity index (χ1v) is 9.23. The molecule has 1 aliphatic rings. The fourth-order valence-corrected chi connectivity index (χ4v) is 3.54. The van der Waals surface area contributed by atoms with Gasteiger partial charge in [0.2, 0.25) is 5.91 Å². The Hall–Kier alpha value is -2.46. The topological polar surface area (TPSA) is 96.0 Å². The third-order valence-electron chi connectivity index (χ3n) is 4.56. The summed E-state index contributed by atoms with van der Waals surface area (Å²) >= 11 is 0.965. The van der Waals surface area contributed by atoms with E-state index < -0.39 is 29.0 Å². The van der Waals surface area contributed by atoms with Crippen LogP contribution in [0.4, 0.5) is 8.78 Å². The number of hydrogen-bond donors (Lipinski definition) is 3. The van der Waals surface area contributed by atoms with E-state index in [1.807, 2.05) is 0 Å². The Labute approximate surface area is 158 Å². The average Bonchev–Trinajstić information content (AvgIpc) is 3.07. The van der Waals surface area contributed by atoms with Gasteiger partial charge >= 0.3 is 0 Å². The summed E-state index contributed by atoms with van der Waals surface area (Å²) in [7, 11) is 0. The molecule has 0 spiro atoms. The molecule has 27 heavy (non-hydrogen) atoms. The summed E-state index contributed by atoms with van der Waals surface area (Å²) in [6, 6.07) is 3.18. The van der Waals surface area contributed by atoms with Gasteiger partial charge in [0.15, 0.2) is 0 Å². The largest absolute Gasteiger partial charge is 0.350 e.